The lowest BCUT2D eigenvalue weighted by Gasteiger charge is -2.28. The Morgan fingerprint density at radius 1 is 0.833 bits per heavy atom. The Morgan fingerprint density at radius 3 is 1.97 bits per heavy atom. The quantitative estimate of drug-likeness (QED) is 0.369. The standard InChI is InChI=1S/C30H40N2O4/c1-20(2)23-13-15-25(16-14-23)29(6,7)32-28(34)36-22(5)17-18-35-27(33)31-30(8,9)26-12-10-11-24(19-26)21(3)4/h10-16,19,22H,1,3,17-18H2,2,4-9H3,(H,31,33)(H,32,34). The summed E-state index contributed by atoms with van der Waals surface area (Å²) in [5.74, 6) is 0. The summed E-state index contributed by atoms with van der Waals surface area (Å²) in [7, 11) is 0. The molecule has 2 aromatic carbocycles. The number of rotatable bonds is 10. The fourth-order valence-electron chi connectivity index (χ4n) is 3.62. The van der Waals surface area contributed by atoms with Crippen LogP contribution < -0.4 is 10.6 Å². The molecule has 1 unspecified atom stereocenters. The van der Waals surface area contributed by atoms with Gasteiger partial charge in [-0.3, -0.25) is 0 Å². The van der Waals surface area contributed by atoms with E-state index in [1.54, 1.807) is 6.92 Å². The van der Waals surface area contributed by atoms with Crippen LogP contribution in [0.1, 0.15) is 77.1 Å². The fraction of sp³-hybridized carbons (Fsp3) is 0.400. The van der Waals surface area contributed by atoms with Crippen LogP contribution in [0.4, 0.5) is 9.59 Å². The van der Waals surface area contributed by atoms with Crippen LogP contribution in [-0.4, -0.2) is 24.9 Å². The van der Waals surface area contributed by atoms with Crippen molar-refractivity contribution in [2.24, 2.45) is 0 Å². The minimum Gasteiger partial charge on any atom is -0.449 e. The van der Waals surface area contributed by atoms with Crippen LogP contribution >= 0.6 is 0 Å². The van der Waals surface area contributed by atoms with Crippen molar-refractivity contribution in [2.75, 3.05) is 6.61 Å². The maximum absolute atomic E-state index is 12.5. The molecule has 6 heteroatoms. The van der Waals surface area contributed by atoms with Gasteiger partial charge in [-0.05, 0) is 76.8 Å². The predicted molar refractivity (Wildman–Crippen MR) is 147 cm³/mol. The van der Waals surface area contributed by atoms with Gasteiger partial charge in [0, 0.05) is 6.42 Å². The minimum atomic E-state index is -0.626. The van der Waals surface area contributed by atoms with Gasteiger partial charge in [-0.25, -0.2) is 9.59 Å². The largest absolute Gasteiger partial charge is 0.449 e. The normalized spacial score (nSPS) is 12.3. The number of alkyl carbamates (subject to hydrolysis) is 2. The molecule has 2 rings (SSSR count). The van der Waals surface area contributed by atoms with Crippen LogP contribution in [0.15, 0.2) is 61.7 Å². The summed E-state index contributed by atoms with van der Waals surface area (Å²) in [6.07, 6.45) is -1.11. The van der Waals surface area contributed by atoms with Crippen molar-refractivity contribution in [1.29, 1.82) is 0 Å². The van der Waals surface area contributed by atoms with E-state index in [1.165, 1.54) is 0 Å². The second-order valence-corrected chi connectivity index (χ2v) is 10.4. The summed E-state index contributed by atoms with van der Waals surface area (Å²) in [6.45, 7) is 21.4. The molecule has 0 aliphatic rings. The maximum atomic E-state index is 12.5. The predicted octanol–water partition coefficient (Wildman–Crippen LogP) is 7.15. The smallest absolute Gasteiger partial charge is 0.408 e. The number of nitrogens with one attached hydrogen (secondary N) is 2. The zero-order valence-corrected chi connectivity index (χ0v) is 22.7. The van der Waals surface area contributed by atoms with Gasteiger partial charge in [0.25, 0.3) is 0 Å². The molecular weight excluding hydrogens is 452 g/mol. The molecule has 194 valence electrons. The van der Waals surface area contributed by atoms with Gasteiger partial charge < -0.3 is 20.1 Å². The molecule has 0 bridgehead atoms. The summed E-state index contributed by atoms with van der Waals surface area (Å²) in [6, 6.07) is 15.8. The molecular formula is C30H40N2O4. The Kier molecular flexibility index (Phi) is 9.51. The van der Waals surface area contributed by atoms with E-state index in [0.717, 1.165) is 33.4 Å². The number of hydrogen-bond donors (Lipinski definition) is 2. The Balaban J connectivity index is 1.81. The number of carbonyl (C=O) groups excluding carboxylic acids is 2. The average molecular weight is 493 g/mol. The van der Waals surface area contributed by atoms with Gasteiger partial charge in [-0.15, -0.1) is 0 Å². The van der Waals surface area contributed by atoms with Crippen LogP contribution in [-0.2, 0) is 20.6 Å². The summed E-state index contributed by atoms with van der Waals surface area (Å²) >= 11 is 0. The van der Waals surface area contributed by atoms with E-state index < -0.39 is 29.4 Å². The maximum Gasteiger partial charge on any atom is 0.408 e. The van der Waals surface area contributed by atoms with Crippen molar-refractivity contribution in [3.8, 4) is 0 Å². The molecule has 2 amide bonds. The highest BCUT2D eigenvalue weighted by molar-refractivity contribution is 5.70. The first kappa shape index (κ1) is 28.7. The molecule has 0 aromatic heterocycles. The average Bonchev–Trinajstić information content (AvgIpc) is 2.78. The minimum absolute atomic E-state index is 0.119. The third-order valence-electron chi connectivity index (χ3n) is 6.07. The van der Waals surface area contributed by atoms with E-state index in [-0.39, 0.29) is 6.61 Å². The van der Waals surface area contributed by atoms with Gasteiger partial charge in [0.2, 0.25) is 0 Å². The Bertz CT molecular complexity index is 1100. The SMILES string of the molecule is C=C(C)c1ccc(C(C)(C)NC(=O)OC(C)CCOC(=O)NC(C)(C)c2cccc(C(=C)C)c2)cc1. The van der Waals surface area contributed by atoms with Crippen molar-refractivity contribution in [1.82, 2.24) is 10.6 Å². The molecule has 0 radical (unpaired) electrons. The van der Waals surface area contributed by atoms with E-state index in [1.807, 2.05) is 90.1 Å². The second kappa shape index (κ2) is 11.9. The molecule has 2 aromatic rings. The van der Waals surface area contributed by atoms with Gasteiger partial charge >= 0.3 is 12.2 Å². The molecule has 2 N–H and O–H groups in total. The molecule has 6 nitrogen and oxygen atoms in total. The topological polar surface area (TPSA) is 76.7 Å². The van der Waals surface area contributed by atoms with Crippen LogP contribution in [0.25, 0.3) is 11.1 Å². The zero-order chi connectivity index (χ0) is 27.1. The molecule has 36 heavy (non-hydrogen) atoms. The van der Waals surface area contributed by atoms with Gasteiger partial charge in [0.05, 0.1) is 17.7 Å². The summed E-state index contributed by atoms with van der Waals surface area (Å²) < 4.78 is 10.8. The van der Waals surface area contributed by atoms with E-state index in [4.69, 9.17) is 9.47 Å². The van der Waals surface area contributed by atoms with Gasteiger partial charge in [-0.2, -0.15) is 0 Å². The highest BCUT2D eigenvalue weighted by atomic mass is 16.6. The number of allylic oxidation sites excluding steroid dienone is 2. The van der Waals surface area contributed by atoms with Crippen molar-refractivity contribution < 1.29 is 19.1 Å². The van der Waals surface area contributed by atoms with Crippen LogP contribution in [0.3, 0.4) is 0 Å². The number of carbonyl (C=O) groups is 2. The lowest BCUT2D eigenvalue weighted by molar-refractivity contribution is 0.0750. The highest BCUT2D eigenvalue weighted by Crippen LogP contribution is 2.24. The summed E-state index contributed by atoms with van der Waals surface area (Å²) in [5, 5.41) is 5.80. The Labute approximate surface area is 215 Å². The van der Waals surface area contributed by atoms with Gasteiger partial charge in [0.1, 0.15) is 6.10 Å². The number of hydrogen-bond acceptors (Lipinski definition) is 4. The summed E-state index contributed by atoms with van der Waals surface area (Å²) in [4.78, 5) is 24.8. The number of ether oxygens (including phenoxy) is 2. The van der Waals surface area contributed by atoms with Crippen molar-refractivity contribution in [3.05, 3.63) is 83.9 Å². The Morgan fingerprint density at radius 2 is 1.39 bits per heavy atom. The fourth-order valence-corrected chi connectivity index (χ4v) is 3.62. The molecule has 0 heterocycles. The first-order valence-corrected chi connectivity index (χ1v) is 12.2. The third-order valence-corrected chi connectivity index (χ3v) is 6.07. The lowest BCUT2D eigenvalue weighted by Crippen LogP contribution is -2.42. The van der Waals surface area contributed by atoms with E-state index in [9.17, 15) is 9.59 Å². The molecule has 1 atom stereocenters. The third kappa shape index (κ3) is 8.29. The molecule has 0 saturated carbocycles. The monoisotopic (exact) mass is 492 g/mol. The zero-order valence-electron chi connectivity index (χ0n) is 22.7. The van der Waals surface area contributed by atoms with Crippen molar-refractivity contribution in [2.45, 2.75) is 72.1 Å². The van der Waals surface area contributed by atoms with Crippen molar-refractivity contribution in [3.63, 3.8) is 0 Å². The first-order valence-electron chi connectivity index (χ1n) is 12.2. The molecule has 0 spiro atoms. The van der Waals surface area contributed by atoms with E-state index in [2.05, 4.69) is 23.8 Å². The van der Waals surface area contributed by atoms with Crippen LogP contribution in [0.5, 0.6) is 0 Å². The van der Waals surface area contributed by atoms with Gasteiger partial charge in [0.15, 0.2) is 0 Å². The van der Waals surface area contributed by atoms with Crippen LogP contribution in [0.2, 0.25) is 0 Å². The molecule has 0 fully saturated rings. The van der Waals surface area contributed by atoms with Gasteiger partial charge in [-0.1, -0.05) is 66.8 Å². The number of amides is 2. The highest BCUT2D eigenvalue weighted by Gasteiger charge is 2.26. The second-order valence-electron chi connectivity index (χ2n) is 10.4. The lowest BCUT2D eigenvalue weighted by atomic mass is 9.92. The van der Waals surface area contributed by atoms with E-state index >= 15 is 0 Å². The van der Waals surface area contributed by atoms with Crippen LogP contribution in [0, 0.1) is 0 Å². The summed E-state index contributed by atoms with van der Waals surface area (Å²) in [5.41, 5.74) is 4.67. The van der Waals surface area contributed by atoms with E-state index in [0.29, 0.717) is 6.42 Å². The Hall–Kier alpha value is -3.54. The molecule has 0 saturated heterocycles. The molecule has 0 aliphatic carbocycles. The van der Waals surface area contributed by atoms with Crippen molar-refractivity contribution >= 4 is 23.3 Å². The first-order chi connectivity index (χ1) is 16.7. The number of benzene rings is 2. The molecule has 0 aliphatic heterocycles.